The Bertz CT molecular complexity index is 1320. The SMILES string of the molecule is CC(OCc1ccccc1)c1nn2c(=O)[nH]c([S+](C)[O-])nc2c1-c1cc(F)c(F)c(F)c1. The highest BCUT2D eigenvalue weighted by Gasteiger charge is 2.26. The highest BCUT2D eigenvalue weighted by atomic mass is 32.2. The zero-order chi connectivity index (χ0) is 23.0. The lowest BCUT2D eigenvalue weighted by Crippen LogP contribution is -2.22. The minimum Gasteiger partial charge on any atom is -0.609 e. The monoisotopic (exact) mass is 462 g/mol. The zero-order valence-corrected chi connectivity index (χ0v) is 17.8. The zero-order valence-electron chi connectivity index (χ0n) is 16.9. The molecule has 0 bridgehead atoms. The number of aromatic nitrogens is 4. The van der Waals surface area contributed by atoms with Crippen molar-refractivity contribution in [1.29, 1.82) is 0 Å². The van der Waals surface area contributed by atoms with E-state index in [1.165, 1.54) is 6.26 Å². The minimum atomic E-state index is -1.65. The molecule has 0 saturated carbocycles. The highest BCUT2D eigenvalue weighted by molar-refractivity contribution is 7.90. The molecule has 2 atom stereocenters. The number of benzene rings is 2. The van der Waals surface area contributed by atoms with E-state index in [-0.39, 0.29) is 34.2 Å². The molecule has 7 nitrogen and oxygen atoms in total. The summed E-state index contributed by atoms with van der Waals surface area (Å²) in [7, 11) is 0. The Morgan fingerprint density at radius 2 is 1.84 bits per heavy atom. The van der Waals surface area contributed by atoms with Crippen molar-refractivity contribution in [2.24, 2.45) is 0 Å². The summed E-state index contributed by atoms with van der Waals surface area (Å²) in [5.41, 5.74) is 0.181. The van der Waals surface area contributed by atoms with Crippen molar-refractivity contribution < 1.29 is 22.5 Å². The molecular formula is C21H17F3N4O3S. The number of rotatable bonds is 6. The van der Waals surface area contributed by atoms with E-state index in [0.29, 0.717) is 0 Å². The van der Waals surface area contributed by atoms with Gasteiger partial charge in [-0.2, -0.15) is 14.6 Å². The second-order valence-electron chi connectivity index (χ2n) is 6.99. The molecule has 0 amide bonds. The van der Waals surface area contributed by atoms with E-state index in [1.54, 1.807) is 6.92 Å². The number of aromatic amines is 1. The van der Waals surface area contributed by atoms with Gasteiger partial charge in [0.2, 0.25) is 0 Å². The third kappa shape index (κ3) is 4.14. The van der Waals surface area contributed by atoms with Crippen LogP contribution in [0.15, 0.2) is 52.4 Å². The predicted molar refractivity (Wildman–Crippen MR) is 111 cm³/mol. The number of nitrogens with one attached hydrogen (secondary N) is 1. The second-order valence-corrected chi connectivity index (χ2v) is 8.28. The Hall–Kier alpha value is -3.15. The first-order valence-corrected chi connectivity index (χ1v) is 11.0. The summed E-state index contributed by atoms with van der Waals surface area (Å²) in [6.07, 6.45) is 0.576. The summed E-state index contributed by atoms with van der Waals surface area (Å²) in [5, 5.41) is 4.09. The van der Waals surface area contributed by atoms with Gasteiger partial charge in [0.1, 0.15) is 11.9 Å². The van der Waals surface area contributed by atoms with Gasteiger partial charge in [-0.15, -0.1) is 0 Å². The quantitative estimate of drug-likeness (QED) is 0.350. The molecule has 0 saturated heterocycles. The minimum absolute atomic E-state index is 0.0705. The molecule has 2 aromatic heterocycles. The van der Waals surface area contributed by atoms with Gasteiger partial charge in [-0.05, 0) is 30.2 Å². The summed E-state index contributed by atoms with van der Waals surface area (Å²) >= 11 is -1.65. The molecule has 2 aromatic carbocycles. The standard InChI is InChI=1S/C21H17F3N4O3S/c1-11(31-10-12-6-4-3-5-7-12)18-16(13-8-14(22)17(24)15(23)9-13)19-25-20(32(2)30)26-21(29)28(19)27-18/h3-9,11H,10H2,1-2H3,(H,25,26,29). The van der Waals surface area contributed by atoms with E-state index in [0.717, 1.165) is 22.2 Å². The molecule has 1 N–H and O–H groups in total. The summed E-state index contributed by atoms with van der Waals surface area (Å²) in [5.74, 6) is -4.44. The van der Waals surface area contributed by atoms with Crippen molar-refractivity contribution in [3.05, 3.63) is 81.7 Å². The number of hydrogen-bond acceptors (Lipinski definition) is 5. The maximum atomic E-state index is 14.0. The fraction of sp³-hybridized carbons (Fsp3) is 0.190. The number of halogens is 3. The van der Waals surface area contributed by atoms with E-state index in [2.05, 4.69) is 15.1 Å². The van der Waals surface area contributed by atoms with Crippen LogP contribution in [0.1, 0.15) is 24.3 Å². The Morgan fingerprint density at radius 1 is 1.19 bits per heavy atom. The molecule has 166 valence electrons. The van der Waals surface area contributed by atoms with Gasteiger partial charge in [0.25, 0.3) is 0 Å². The predicted octanol–water partition coefficient (Wildman–Crippen LogP) is 3.52. The fourth-order valence-electron chi connectivity index (χ4n) is 3.21. The molecule has 2 unspecified atom stereocenters. The summed E-state index contributed by atoms with van der Waals surface area (Å²) < 4.78 is 60.2. The Morgan fingerprint density at radius 3 is 2.47 bits per heavy atom. The maximum absolute atomic E-state index is 14.0. The Kier molecular flexibility index (Phi) is 6.04. The molecule has 0 radical (unpaired) electrons. The Balaban J connectivity index is 1.89. The third-order valence-electron chi connectivity index (χ3n) is 4.77. The smallest absolute Gasteiger partial charge is 0.353 e. The van der Waals surface area contributed by atoms with Crippen LogP contribution in [0.5, 0.6) is 0 Å². The van der Waals surface area contributed by atoms with Gasteiger partial charge in [-0.25, -0.2) is 22.9 Å². The van der Waals surface area contributed by atoms with E-state index in [1.807, 2.05) is 30.3 Å². The van der Waals surface area contributed by atoms with Gasteiger partial charge < -0.3 is 9.29 Å². The topological polar surface area (TPSA) is 95.3 Å². The normalized spacial score (nSPS) is 13.4. The average Bonchev–Trinajstić information content (AvgIpc) is 3.16. The first-order chi connectivity index (χ1) is 15.3. The van der Waals surface area contributed by atoms with Gasteiger partial charge >= 0.3 is 10.8 Å². The van der Waals surface area contributed by atoms with Crippen LogP contribution in [0.25, 0.3) is 16.8 Å². The lowest BCUT2D eigenvalue weighted by Gasteiger charge is -2.13. The first kappa shape index (κ1) is 22.1. The van der Waals surface area contributed by atoms with Gasteiger partial charge in [0.05, 0.1) is 18.3 Å². The van der Waals surface area contributed by atoms with Crippen LogP contribution < -0.4 is 5.69 Å². The molecule has 11 heteroatoms. The number of ether oxygens (including phenoxy) is 1. The molecule has 4 aromatic rings. The molecule has 0 aliphatic heterocycles. The van der Waals surface area contributed by atoms with Gasteiger partial charge in [-0.3, -0.25) is 0 Å². The van der Waals surface area contributed by atoms with Crippen molar-refractivity contribution in [2.75, 3.05) is 6.26 Å². The molecule has 4 rings (SSSR count). The van der Waals surface area contributed by atoms with E-state index < -0.39 is 40.4 Å². The lowest BCUT2D eigenvalue weighted by molar-refractivity contribution is 0.0499. The second kappa shape index (κ2) is 8.77. The van der Waals surface area contributed by atoms with Crippen LogP contribution in [0.4, 0.5) is 13.2 Å². The van der Waals surface area contributed by atoms with Crippen molar-refractivity contribution in [1.82, 2.24) is 19.6 Å². The maximum Gasteiger partial charge on any atom is 0.353 e. The van der Waals surface area contributed by atoms with E-state index in [9.17, 15) is 22.5 Å². The largest absolute Gasteiger partial charge is 0.609 e. The molecule has 32 heavy (non-hydrogen) atoms. The fourth-order valence-corrected chi connectivity index (χ4v) is 3.66. The summed E-state index contributed by atoms with van der Waals surface area (Å²) in [6.45, 7) is 1.85. The number of H-pyrrole nitrogens is 1. The third-order valence-corrected chi connectivity index (χ3v) is 5.51. The van der Waals surface area contributed by atoms with Crippen LogP contribution in [-0.4, -0.2) is 30.4 Å². The molecular weight excluding hydrogens is 445 g/mol. The Labute approximate surface area is 183 Å². The van der Waals surface area contributed by atoms with Crippen molar-refractivity contribution >= 4 is 16.8 Å². The molecule has 0 fully saturated rings. The summed E-state index contributed by atoms with van der Waals surface area (Å²) in [4.78, 5) is 19.0. The van der Waals surface area contributed by atoms with E-state index in [4.69, 9.17) is 4.74 Å². The van der Waals surface area contributed by atoms with Crippen LogP contribution >= 0.6 is 0 Å². The van der Waals surface area contributed by atoms with Crippen LogP contribution in [-0.2, 0) is 22.5 Å². The van der Waals surface area contributed by atoms with E-state index >= 15 is 0 Å². The molecule has 0 aliphatic carbocycles. The van der Waals surface area contributed by atoms with Crippen molar-refractivity contribution in [3.63, 3.8) is 0 Å². The lowest BCUT2D eigenvalue weighted by atomic mass is 10.0. The van der Waals surface area contributed by atoms with Gasteiger partial charge in [0, 0.05) is 11.2 Å². The highest BCUT2D eigenvalue weighted by Crippen LogP contribution is 2.34. The van der Waals surface area contributed by atoms with Crippen molar-refractivity contribution in [2.45, 2.75) is 24.8 Å². The number of fused-ring (bicyclic) bond motifs is 1. The number of nitrogens with zero attached hydrogens (tertiary/aromatic N) is 3. The van der Waals surface area contributed by atoms with Gasteiger partial charge in [0.15, 0.2) is 23.1 Å². The first-order valence-electron chi connectivity index (χ1n) is 9.43. The average molecular weight is 462 g/mol. The van der Waals surface area contributed by atoms with Gasteiger partial charge in [-0.1, -0.05) is 30.3 Å². The van der Waals surface area contributed by atoms with Crippen molar-refractivity contribution in [3.8, 4) is 11.1 Å². The molecule has 0 aliphatic rings. The van der Waals surface area contributed by atoms with Crippen LogP contribution in [0.3, 0.4) is 0 Å². The van der Waals surface area contributed by atoms with Crippen LogP contribution in [0.2, 0.25) is 0 Å². The molecule has 0 spiro atoms. The number of hydrogen-bond donors (Lipinski definition) is 1. The molecule has 2 heterocycles. The summed E-state index contributed by atoms with van der Waals surface area (Å²) in [6, 6.07) is 10.8. The van der Waals surface area contributed by atoms with Crippen LogP contribution in [0, 0.1) is 17.5 Å².